The molecule has 3 rings (SSSR count). The second-order valence-corrected chi connectivity index (χ2v) is 5.73. The lowest BCUT2D eigenvalue weighted by atomic mass is 9.84. The van der Waals surface area contributed by atoms with Gasteiger partial charge in [-0.1, -0.05) is 59.6 Å². The lowest BCUT2D eigenvalue weighted by molar-refractivity contribution is 0.597. The SMILES string of the molecule is CNC1CC=C(c2ccc(Cl)c(Cl)c2)c2ccccc21. The Morgan fingerprint density at radius 1 is 1.05 bits per heavy atom. The van der Waals surface area contributed by atoms with Gasteiger partial charge in [0.2, 0.25) is 0 Å². The van der Waals surface area contributed by atoms with Gasteiger partial charge in [0.05, 0.1) is 10.0 Å². The van der Waals surface area contributed by atoms with E-state index in [0.717, 1.165) is 12.0 Å². The molecule has 1 aliphatic carbocycles. The molecule has 0 aliphatic heterocycles. The second-order valence-electron chi connectivity index (χ2n) is 4.91. The van der Waals surface area contributed by atoms with Crippen LogP contribution in [0, 0.1) is 0 Å². The summed E-state index contributed by atoms with van der Waals surface area (Å²) in [6, 6.07) is 14.7. The summed E-state index contributed by atoms with van der Waals surface area (Å²) in [6.07, 6.45) is 3.24. The highest BCUT2D eigenvalue weighted by atomic mass is 35.5. The minimum atomic E-state index is 0.373. The Labute approximate surface area is 129 Å². The van der Waals surface area contributed by atoms with Crippen LogP contribution in [0.5, 0.6) is 0 Å². The van der Waals surface area contributed by atoms with Crippen molar-refractivity contribution in [3.63, 3.8) is 0 Å². The Balaban J connectivity index is 2.11. The van der Waals surface area contributed by atoms with E-state index >= 15 is 0 Å². The Kier molecular flexibility index (Phi) is 3.84. The van der Waals surface area contributed by atoms with Crippen molar-refractivity contribution >= 4 is 28.8 Å². The van der Waals surface area contributed by atoms with Gasteiger partial charge in [0.15, 0.2) is 0 Å². The molecule has 0 bridgehead atoms. The van der Waals surface area contributed by atoms with Gasteiger partial charge in [0.25, 0.3) is 0 Å². The van der Waals surface area contributed by atoms with E-state index in [0.29, 0.717) is 16.1 Å². The van der Waals surface area contributed by atoms with Crippen molar-refractivity contribution in [2.75, 3.05) is 7.05 Å². The summed E-state index contributed by atoms with van der Waals surface area (Å²) in [7, 11) is 2.00. The first kappa shape index (κ1) is 13.7. The predicted molar refractivity (Wildman–Crippen MR) is 86.4 cm³/mol. The van der Waals surface area contributed by atoms with E-state index in [-0.39, 0.29) is 0 Å². The average Bonchev–Trinajstić information content (AvgIpc) is 2.49. The van der Waals surface area contributed by atoms with E-state index in [4.69, 9.17) is 23.2 Å². The highest BCUT2D eigenvalue weighted by Crippen LogP contribution is 2.37. The van der Waals surface area contributed by atoms with Crippen molar-refractivity contribution in [2.45, 2.75) is 12.5 Å². The van der Waals surface area contributed by atoms with Gasteiger partial charge in [-0.3, -0.25) is 0 Å². The smallest absolute Gasteiger partial charge is 0.0598 e. The zero-order valence-corrected chi connectivity index (χ0v) is 12.7. The molecule has 1 atom stereocenters. The summed E-state index contributed by atoms with van der Waals surface area (Å²) >= 11 is 12.1. The highest BCUT2D eigenvalue weighted by Gasteiger charge is 2.20. The van der Waals surface area contributed by atoms with E-state index in [9.17, 15) is 0 Å². The number of fused-ring (bicyclic) bond motifs is 1. The van der Waals surface area contributed by atoms with Crippen molar-refractivity contribution in [2.24, 2.45) is 0 Å². The second kappa shape index (κ2) is 5.61. The molecular formula is C17H15Cl2N. The molecule has 102 valence electrons. The third-order valence-corrected chi connectivity index (χ3v) is 4.50. The molecule has 2 aromatic rings. The summed E-state index contributed by atoms with van der Waals surface area (Å²) in [6.45, 7) is 0. The minimum Gasteiger partial charge on any atom is -0.313 e. The van der Waals surface area contributed by atoms with Gasteiger partial charge in [-0.05, 0) is 47.9 Å². The number of hydrogen-bond donors (Lipinski definition) is 1. The van der Waals surface area contributed by atoms with Crippen molar-refractivity contribution in [3.8, 4) is 0 Å². The van der Waals surface area contributed by atoms with Crippen molar-refractivity contribution < 1.29 is 0 Å². The highest BCUT2D eigenvalue weighted by molar-refractivity contribution is 6.42. The predicted octanol–water partition coefficient (Wildman–Crippen LogP) is 5.09. The molecule has 0 radical (unpaired) electrons. The third kappa shape index (κ3) is 2.37. The van der Waals surface area contributed by atoms with Crippen LogP contribution in [0.25, 0.3) is 5.57 Å². The standard InChI is InChI=1S/C17H15Cl2N/c1-20-17-9-7-12(13-4-2-3-5-14(13)17)11-6-8-15(18)16(19)10-11/h2-8,10,17,20H,9H2,1H3. The maximum atomic E-state index is 6.14. The Morgan fingerprint density at radius 3 is 2.60 bits per heavy atom. The molecule has 0 amide bonds. The van der Waals surface area contributed by atoms with Crippen LogP contribution < -0.4 is 5.32 Å². The lowest BCUT2D eigenvalue weighted by Gasteiger charge is -2.25. The number of nitrogens with one attached hydrogen (secondary N) is 1. The molecule has 1 aliphatic rings. The fourth-order valence-corrected chi connectivity index (χ4v) is 3.03. The summed E-state index contributed by atoms with van der Waals surface area (Å²) in [5.41, 5.74) is 4.93. The molecule has 0 aromatic heterocycles. The first-order valence-corrected chi connectivity index (χ1v) is 7.38. The number of benzene rings is 2. The van der Waals surface area contributed by atoms with Crippen LogP contribution in [0.3, 0.4) is 0 Å². The summed E-state index contributed by atoms with van der Waals surface area (Å²) in [4.78, 5) is 0. The molecule has 0 heterocycles. The molecule has 3 heteroatoms. The van der Waals surface area contributed by atoms with Crippen LogP contribution in [0.4, 0.5) is 0 Å². The van der Waals surface area contributed by atoms with Gasteiger partial charge in [0.1, 0.15) is 0 Å². The van der Waals surface area contributed by atoms with Crippen LogP contribution in [0.15, 0.2) is 48.5 Å². The molecule has 0 fully saturated rings. The van der Waals surface area contributed by atoms with Gasteiger partial charge in [0, 0.05) is 6.04 Å². The van der Waals surface area contributed by atoms with Gasteiger partial charge >= 0.3 is 0 Å². The maximum Gasteiger partial charge on any atom is 0.0598 e. The molecule has 20 heavy (non-hydrogen) atoms. The van der Waals surface area contributed by atoms with Crippen LogP contribution in [0.2, 0.25) is 10.0 Å². The Bertz CT molecular complexity index is 676. The van der Waals surface area contributed by atoms with Crippen LogP contribution in [-0.4, -0.2) is 7.05 Å². The summed E-state index contributed by atoms with van der Waals surface area (Å²) in [5.74, 6) is 0. The van der Waals surface area contributed by atoms with Gasteiger partial charge < -0.3 is 5.32 Å². The normalized spacial score (nSPS) is 17.6. The molecule has 0 spiro atoms. The van der Waals surface area contributed by atoms with Crippen LogP contribution in [0.1, 0.15) is 29.2 Å². The zero-order valence-electron chi connectivity index (χ0n) is 11.2. The van der Waals surface area contributed by atoms with Gasteiger partial charge in [-0.25, -0.2) is 0 Å². The zero-order chi connectivity index (χ0) is 14.1. The molecule has 1 N–H and O–H groups in total. The molecule has 0 saturated carbocycles. The first-order valence-electron chi connectivity index (χ1n) is 6.63. The van der Waals surface area contributed by atoms with Gasteiger partial charge in [-0.2, -0.15) is 0 Å². The minimum absolute atomic E-state index is 0.373. The van der Waals surface area contributed by atoms with Gasteiger partial charge in [-0.15, -0.1) is 0 Å². The fourth-order valence-electron chi connectivity index (χ4n) is 2.73. The van der Waals surface area contributed by atoms with E-state index in [1.165, 1.54) is 16.7 Å². The number of halogens is 2. The first-order chi connectivity index (χ1) is 9.70. The van der Waals surface area contributed by atoms with Crippen molar-refractivity contribution in [1.82, 2.24) is 5.32 Å². The fraction of sp³-hybridized carbons (Fsp3) is 0.176. The quantitative estimate of drug-likeness (QED) is 0.815. The van der Waals surface area contributed by atoms with Crippen LogP contribution in [-0.2, 0) is 0 Å². The molecule has 0 saturated heterocycles. The molecule has 1 nitrogen and oxygen atoms in total. The van der Waals surface area contributed by atoms with E-state index in [1.807, 2.05) is 25.2 Å². The number of hydrogen-bond acceptors (Lipinski definition) is 1. The van der Waals surface area contributed by atoms with E-state index in [1.54, 1.807) is 0 Å². The Morgan fingerprint density at radius 2 is 1.85 bits per heavy atom. The topological polar surface area (TPSA) is 12.0 Å². The third-order valence-electron chi connectivity index (χ3n) is 3.76. The van der Waals surface area contributed by atoms with E-state index in [2.05, 4.69) is 35.7 Å². The summed E-state index contributed by atoms with van der Waals surface area (Å²) in [5, 5.41) is 4.55. The van der Waals surface area contributed by atoms with E-state index < -0.39 is 0 Å². The molecular weight excluding hydrogens is 289 g/mol. The summed E-state index contributed by atoms with van der Waals surface area (Å²) < 4.78 is 0. The monoisotopic (exact) mass is 303 g/mol. The lowest BCUT2D eigenvalue weighted by Crippen LogP contribution is -2.19. The number of rotatable bonds is 2. The largest absolute Gasteiger partial charge is 0.313 e. The molecule has 1 unspecified atom stereocenters. The average molecular weight is 304 g/mol. The molecule has 2 aromatic carbocycles. The maximum absolute atomic E-state index is 6.14. The van der Waals surface area contributed by atoms with Crippen LogP contribution >= 0.6 is 23.2 Å². The van der Waals surface area contributed by atoms with Crippen molar-refractivity contribution in [1.29, 1.82) is 0 Å². The van der Waals surface area contributed by atoms with Crippen molar-refractivity contribution in [3.05, 3.63) is 75.3 Å². The Hall–Kier alpha value is -1.28.